The topological polar surface area (TPSA) is 85.8 Å². The van der Waals surface area contributed by atoms with E-state index in [1.54, 1.807) is 17.8 Å². The Morgan fingerprint density at radius 1 is 1.19 bits per heavy atom. The number of fused-ring (bicyclic) bond motifs is 3. The average Bonchev–Trinajstić information content (AvgIpc) is 3.12. The first-order valence-corrected chi connectivity index (χ1v) is 14.5. The van der Waals surface area contributed by atoms with Crippen LogP contribution in [0.5, 0.6) is 0 Å². The van der Waals surface area contributed by atoms with Gasteiger partial charge >= 0.3 is 6.09 Å². The average molecular weight is 547 g/mol. The lowest BCUT2D eigenvalue weighted by molar-refractivity contribution is -0.0855. The number of anilines is 2. The maximum atomic E-state index is 12.5. The Bertz CT molecular complexity index is 1180. The molecule has 3 heterocycles. The quantitative estimate of drug-likeness (QED) is 0.386. The Morgan fingerprint density at radius 2 is 2.03 bits per heavy atom. The molecule has 8 nitrogen and oxygen atoms in total. The standard InChI is InChI=1S/C27H35ClN4O4S/c1-26(2,3)36-25(33)29-17-13-20-18(21(28)14-17)7-5-8-27(20)15-22-19(16-35-27)23(31-24(30-22)37-4)32-9-6-11-34-12-10-32/h13-14H,5-12,15-16H2,1-4H3,(H,29,33). The van der Waals surface area contributed by atoms with E-state index in [4.69, 9.17) is 35.8 Å². The molecule has 0 bridgehead atoms. The molecule has 1 saturated heterocycles. The Morgan fingerprint density at radius 3 is 2.81 bits per heavy atom. The van der Waals surface area contributed by atoms with Crippen molar-refractivity contribution in [2.45, 2.75) is 75.8 Å². The number of nitrogens with one attached hydrogen (secondary N) is 1. The fourth-order valence-corrected chi connectivity index (χ4v) is 6.13. The largest absolute Gasteiger partial charge is 0.444 e. The van der Waals surface area contributed by atoms with Gasteiger partial charge in [0.1, 0.15) is 11.4 Å². The van der Waals surface area contributed by atoms with E-state index in [1.807, 2.05) is 33.1 Å². The molecule has 1 spiro atoms. The Hall–Kier alpha value is -2.07. The van der Waals surface area contributed by atoms with Crippen molar-refractivity contribution < 1.29 is 19.0 Å². The van der Waals surface area contributed by atoms with Gasteiger partial charge in [-0.1, -0.05) is 23.4 Å². The van der Waals surface area contributed by atoms with Crippen molar-refractivity contribution in [2.24, 2.45) is 0 Å². The summed E-state index contributed by atoms with van der Waals surface area (Å²) in [5.74, 6) is 0.962. The fourth-order valence-electron chi connectivity index (χ4n) is 5.44. The van der Waals surface area contributed by atoms with Crippen LogP contribution in [-0.2, 0) is 39.3 Å². The zero-order valence-corrected chi connectivity index (χ0v) is 23.6. The Labute approximate surface area is 227 Å². The van der Waals surface area contributed by atoms with Crippen LogP contribution in [0.2, 0.25) is 5.02 Å². The van der Waals surface area contributed by atoms with Gasteiger partial charge in [0, 0.05) is 42.4 Å². The van der Waals surface area contributed by atoms with Gasteiger partial charge in [-0.15, -0.1) is 0 Å². The van der Waals surface area contributed by atoms with Gasteiger partial charge in [0.25, 0.3) is 0 Å². The zero-order chi connectivity index (χ0) is 26.2. The molecule has 1 unspecified atom stereocenters. The lowest BCUT2D eigenvalue weighted by Gasteiger charge is -2.43. The summed E-state index contributed by atoms with van der Waals surface area (Å²) in [4.78, 5) is 24.6. The van der Waals surface area contributed by atoms with Crippen LogP contribution < -0.4 is 10.2 Å². The molecule has 0 saturated carbocycles. The zero-order valence-electron chi connectivity index (χ0n) is 22.0. The monoisotopic (exact) mass is 546 g/mol. The van der Waals surface area contributed by atoms with Gasteiger partial charge in [-0.05, 0) is 76.0 Å². The van der Waals surface area contributed by atoms with Crippen molar-refractivity contribution in [2.75, 3.05) is 42.8 Å². The number of amides is 1. The van der Waals surface area contributed by atoms with Gasteiger partial charge in [-0.3, -0.25) is 5.32 Å². The minimum absolute atomic E-state index is 0.428. The van der Waals surface area contributed by atoms with Crippen molar-refractivity contribution in [3.05, 3.63) is 39.5 Å². The predicted octanol–water partition coefficient (Wildman–Crippen LogP) is 5.73. The number of aromatic nitrogens is 2. The highest BCUT2D eigenvalue weighted by Gasteiger charge is 2.43. The molecule has 2 aromatic rings. The molecule has 1 aromatic carbocycles. The second-order valence-electron chi connectivity index (χ2n) is 10.8. The molecule has 200 valence electrons. The molecule has 1 atom stereocenters. The number of hydrogen-bond donors (Lipinski definition) is 1. The number of nitrogens with zero attached hydrogens (tertiary/aromatic N) is 3. The summed E-state index contributed by atoms with van der Waals surface area (Å²) in [5, 5.41) is 4.26. The summed E-state index contributed by atoms with van der Waals surface area (Å²) in [6.45, 7) is 9.12. The Balaban J connectivity index is 1.50. The number of carbonyl (C=O) groups is 1. The number of carbonyl (C=O) groups excluding carboxylic acids is 1. The highest BCUT2D eigenvalue weighted by molar-refractivity contribution is 7.98. The summed E-state index contributed by atoms with van der Waals surface area (Å²) in [6.07, 6.45) is 5.81. The first-order chi connectivity index (χ1) is 17.7. The van der Waals surface area contributed by atoms with Gasteiger partial charge < -0.3 is 19.1 Å². The number of rotatable bonds is 3. The van der Waals surface area contributed by atoms with Crippen molar-refractivity contribution >= 4 is 41.0 Å². The van der Waals surface area contributed by atoms with Crippen LogP contribution in [0.25, 0.3) is 0 Å². The third-order valence-electron chi connectivity index (χ3n) is 7.04. The molecule has 3 aliphatic rings. The Kier molecular flexibility index (Phi) is 7.60. The summed E-state index contributed by atoms with van der Waals surface area (Å²) < 4.78 is 17.9. The van der Waals surface area contributed by atoms with Gasteiger partial charge in [0.15, 0.2) is 5.16 Å². The van der Waals surface area contributed by atoms with Crippen LogP contribution in [0, 0.1) is 0 Å². The smallest absolute Gasteiger partial charge is 0.412 e. The molecule has 5 rings (SSSR count). The predicted molar refractivity (Wildman–Crippen MR) is 146 cm³/mol. The molecular formula is C27H35ClN4O4S. The van der Waals surface area contributed by atoms with E-state index < -0.39 is 17.3 Å². The third kappa shape index (κ3) is 5.70. The molecule has 0 radical (unpaired) electrons. The first-order valence-electron chi connectivity index (χ1n) is 12.9. The van der Waals surface area contributed by atoms with E-state index in [1.165, 1.54) is 0 Å². The van der Waals surface area contributed by atoms with Crippen LogP contribution in [0.3, 0.4) is 0 Å². The minimum Gasteiger partial charge on any atom is -0.444 e. The van der Waals surface area contributed by atoms with Crippen LogP contribution in [0.4, 0.5) is 16.3 Å². The van der Waals surface area contributed by atoms with E-state index in [0.717, 1.165) is 78.7 Å². The highest BCUT2D eigenvalue weighted by atomic mass is 35.5. The van der Waals surface area contributed by atoms with E-state index in [0.29, 0.717) is 30.3 Å². The number of ether oxygens (including phenoxy) is 3. The maximum Gasteiger partial charge on any atom is 0.412 e. The van der Waals surface area contributed by atoms with E-state index in [2.05, 4.69) is 10.2 Å². The first kappa shape index (κ1) is 26.5. The van der Waals surface area contributed by atoms with Gasteiger partial charge in [-0.2, -0.15) is 0 Å². The molecule has 1 amide bonds. The van der Waals surface area contributed by atoms with Crippen LogP contribution >= 0.6 is 23.4 Å². The molecule has 1 fully saturated rings. The maximum absolute atomic E-state index is 12.5. The van der Waals surface area contributed by atoms with E-state index in [9.17, 15) is 4.79 Å². The fraction of sp³-hybridized carbons (Fsp3) is 0.593. The molecule has 37 heavy (non-hydrogen) atoms. The number of halogens is 1. The van der Waals surface area contributed by atoms with Gasteiger partial charge in [-0.25, -0.2) is 14.8 Å². The molecule has 1 aliphatic carbocycles. The summed E-state index contributed by atoms with van der Waals surface area (Å²) >= 11 is 8.32. The molecule has 10 heteroatoms. The molecule has 1 N–H and O–H groups in total. The van der Waals surface area contributed by atoms with Crippen molar-refractivity contribution in [1.29, 1.82) is 0 Å². The normalized spacial score (nSPS) is 21.7. The SMILES string of the molecule is CSc1nc2c(c(N3CCCOCC3)n1)COC1(CCCc3c(Cl)cc(NC(=O)OC(C)(C)C)cc31)C2. The number of thioether (sulfide) groups is 1. The number of benzene rings is 1. The van der Waals surface area contributed by atoms with Crippen LogP contribution in [0.15, 0.2) is 17.3 Å². The van der Waals surface area contributed by atoms with Gasteiger partial charge in [0.05, 0.1) is 24.5 Å². The van der Waals surface area contributed by atoms with Crippen molar-refractivity contribution in [1.82, 2.24) is 9.97 Å². The lowest BCUT2D eigenvalue weighted by Crippen LogP contribution is -2.41. The van der Waals surface area contributed by atoms with Crippen LogP contribution in [-0.4, -0.2) is 54.2 Å². The van der Waals surface area contributed by atoms with E-state index in [-0.39, 0.29) is 0 Å². The van der Waals surface area contributed by atoms with Gasteiger partial charge in [0.2, 0.25) is 0 Å². The lowest BCUT2D eigenvalue weighted by atomic mass is 9.74. The summed E-state index contributed by atoms with van der Waals surface area (Å²) in [6, 6.07) is 3.80. The summed E-state index contributed by atoms with van der Waals surface area (Å²) in [5.41, 5.74) is 3.65. The summed E-state index contributed by atoms with van der Waals surface area (Å²) in [7, 11) is 0. The molecule has 2 aliphatic heterocycles. The minimum atomic E-state index is -0.592. The second kappa shape index (κ2) is 10.6. The highest BCUT2D eigenvalue weighted by Crippen LogP contribution is 2.48. The third-order valence-corrected chi connectivity index (χ3v) is 7.92. The van der Waals surface area contributed by atoms with Crippen molar-refractivity contribution in [3.8, 4) is 0 Å². The molecule has 1 aromatic heterocycles. The van der Waals surface area contributed by atoms with Crippen molar-refractivity contribution in [3.63, 3.8) is 0 Å². The second-order valence-corrected chi connectivity index (χ2v) is 12.0. The van der Waals surface area contributed by atoms with E-state index >= 15 is 0 Å². The van der Waals surface area contributed by atoms with Crippen LogP contribution in [0.1, 0.15) is 62.4 Å². The number of hydrogen-bond acceptors (Lipinski definition) is 8. The molecular weight excluding hydrogens is 512 g/mol.